The van der Waals surface area contributed by atoms with E-state index in [1.165, 1.54) is 13.3 Å². The predicted octanol–water partition coefficient (Wildman–Crippen LogP) is 3.52. The molecule has 6 rings (SSSR count). The van der Waals surface area contributed by atoms with Crippen molar-refractivity contribution in [1.82, 2.24) is 30.2 Å². The molecule has 1 unspecified atom stereocenters. The second kappa shape index (κ2) is 9.35. The number of benzene rings is 1. The Morgan fingerprint density at radius 1 is 1.02 bits per heavy atom. The molecule has 1 saturated heterocycles. The highest BCUT2D eigenvalue weighted by molar-refractivity contribution is 5.98. The molecule has 3 aliphatic rings. The number of hydrogen-bond acceptors (Lipinski definition) is 9. The van der Waals surface area contributed by atoms with Gasteiger partial charge in [0.1, 0.15) is 18.2 Å². The molecule has 4 heterocycles. The maximum atomic E-state index is 14.0. The Hall–Kier alpha value is -4.41. The highest BCUT2D eigenvalue weighted by atomic mass is 16.2. The number of fused-ring (bicyclic) bond motifs is 2. The van der Waals surface area contributed by atoms with Gasteiger partial charge in [0, 0.05) is 54.1 Å². The molecule has 204 valence electrons. The van der Waals surface area contributed by atoms with Crippen molar-refractivity contribution in [2.24, 2.45) is 15.6 Å². The van der Waals surface area contributed by atoms with Gasteiger partial charge in [0.05, 0.1) is 12.1 Å². The van der Waals surface area contributed by atoms with Crippen molar-refractivity contribution >= 4 is 23.3 Å². The number of likely N-dealkylation sites (tertiary alicyclic amines) is 1. The number of piperidine rings is 1. The maximum Gasteiger partial charge on any atom is 0.243 e. The Labute approximate surface area is 231 Å². The van der Waals surface area contributed by atoms with Crippen molar-refractivity contribution in [1.29, 1.82) is 0 Å². The zero-order chi connectivity index (χ0) is 28.2. The number of aryl methyl sites for hydroxylation is 2. The van der Waals surface area contributed by atoms with Crippen LogP contribution in [0.3, 0.4) is 0 Å². The summed E-state index contributed by atoms with van der Waals surface area (Å²) in [5.74, 6) is -0.127. The van der Waals surface area contributed by atoms with Crippen LogP contribution in [0.1, 0.15) is 55.6 Å². The molecule has 2 aromatic heterocycles. The zero-order valence-corrected chi connectivity index (χ0v) is 22.9. The molecule has 3 aromatic rings. The lowest BCUT2D eigenvalue weighted by Gasteiger charge is -2.30. The van der Waals surface area contributed by atoms with Gasteiger partial charge >= 0.3 is 0 Å². The lowest BCUT2D eigenvalue weighted by atomic mass is 9.81. The second-order valence-corrected chi connectivity index (χ2v) is 11.4. The molecule has 2 fully saturated rings. The molecule has 4 atom stereocenters. The van der Waals surface area contributed by atoms with Crippen LogP contribution in [0, 0.1) is 19.3 Å². The van der Waals surface area contributed by atoms with Crippen LogP contribution < -0.4 is 5.32 Å². The summed E-state index contributed by atoms with van der Waals surface area (Å²) in [6, 6.07) is 3.15. The van der Waals surface area contributed by atoms with Gasteiger partial charge in [-0.05, 0) is 62.3 Å². The summed E-state index contributed by atoms with van der Waals surface area (Å²) in [5, 5.41) is 11.7. The van der Waals surface area contributed by atoms with E-state index in [0.29, 0.717) is 23.5 Å². The molecule has 0 bridgehead atoms. The van der Waals surface area contributed by atoms with E-state index in [9.17, 15) is 14.4 Å². The van der Waals surface area contributed by atoms with Crippen molar-refractivity contribution in [2.45, 2.75) is 71.1 Å². The first kappa shape index (κ1) is 25.8. The number of carbonyl (C=O) groups excluding carboxylic acids is 3. The minimum absolute atomic E-state index is 0.0459. The van der Waals surface area contributed by atoms with Crippen LogP contribution in [0.5, 0.6) is 0 Å². The Morgan fingerprint density at radius 3 is 2.45 bits per heavy atom. The maximum absolute atomic E-state index is 14.0. The normalized spacial score (nSPS) is 25.9. The Morgan fingerprint density at radius 2 is 1.75 bits per heavy atom. The van der Waals surface area contributed by atoms with Crippen LogP contribution >= 0.6 is 0 Å². The minimum Gasteiger partial charge on any atom is -0.350 e. The number of aromatic nitrogens is 4. The first-order chi connectivity index (χ1) is 19.1. The van der Waals surface area contributed by atoms with Gasteiger partial charge in [-0.15, -0.1) is 0 Å². The van der Waals surface area contributed by atoms with E-state index in [1.54, 1.807) is 29.7 Å². The third-order valence-corrected chi connectivity index (χ3v) is 8.48. The van der Waals surface area contributed by atoms with E-state index in [0.717, 1.165) is 28.7 Å². The molecule has 11 heteroatoms. The van der Waals surface area contributed by atoms with Gasteiger partial charge in [0.2, 0.25) is 11.8 Å². The number of amides is 2. The van der Waals surface area contributed by atoms with E-state index < -0.39 is 11.6 Å². The van der Waals surface area contributed by atoms with Crippen LogP contribution in [0.4, 0.5) is 5.69 Å². The van der Waals surface area contributed by atoms with Crippen molar-refractivity contribution in [3.05, 3.63) is 65.8 Å². The number of ketones is 1. The number of nitrogens with one attached hydrogen (secondary N) is 1. The third kappa shape index (κ3) is 4.25. The van der Waals surface area contributed by atoms with E-state index in [-0.39, 0.29) is 42.0 Å². The fourth-order valence-electron chi connectivity index (χ4n) is 6.04. The van der Waals surface area contributed by atoms with Crippen molar-refractivity contribution in [3.63, 3.8) is 0 Å². The van der Waals surface area contributed by atoms with Crippen LogP contribution in [0.2, 0.25) is 0 Å². The number of azo groups is 1. The number of rotatable bonds is 7. The fourth-order valence-corrected chi connectivity index (χ4v) is 6.04. The molecule has 2 amide bonds. The Balaban J connectivity index is 1.29. The monoisotopic (exact) mass is 538 g/mol. The van der Waals surface area contributed by atoms with Gasteiger partial charge in [-0.1, -0.05) is 6.92 Å². The highest BCUT2D eigenvalue weighted by Gasteiger charge is 2.65. The quantitative estimate of drug-likeness (QED) is 0.485. The highest BCUT2D eigenvalue weighted by Crippen LogP contribution is 2.60. The predicted molar refractivity (Wildman–Crippen MR) is 144 cm³/mol. The largest absolute Gasteiger partial charge is 0.350 e. The van der Waals surface area contributed by atoms with Crippen molar-refractivity contribution in [2.75, 3.05) is 0 Å². The SMILES string of the molecule is CC(=O)C1(CC(=O)N2[C@H](C(=O)NCc3cncnc3)C[C@@]3(C)C[C@@H]23)N=Nc2c(C)cc(-c3cnc(C)nc3)cc21. The van der Waals surface area contributed by atoms with Crippen LogP contribution in [-0.2, 0) is 26.5 Å². The minimum atomic E-state index is -1.46. The van der Waals surface area contributed by atoms with Crippen LogP contribution in [-0.4, -0.2) is 54.5 Å². The summed E-state index contributed by atoms with van der Waals surface area (Å²) in [6.07, 6.45) is 9.38. The summed E-state index contributed by atoms with van der Waals surface area (Å²) in [4.78, 5) is 58.8. The van der Waals surface area contributed by atoms with Crippen molar-refractivity contribution < 1.29 is 14.4 Å². The number of hydrogen-bond donors (Lipinski definition) is 1. The average Bonchev–Trinajstić information content (AvgIpc) is 3.29. The summed E-state index contributed by atoms with van der Waals surface area (Å²) < 4.78 is 0. The standard InChI is InChI=1S/C29H30N8O3/c1-16-5-20(21-13-32-18(3)33-14-21)6-22-26(16)35-36-29(22,17(2)38)9-25(39)37-23(7-28(4)8-24(28)37)27(40)34-12-19-10-30-15-31-11-19/h5-6,10-11,13-15,23-24H,7-9,12H2,1-4H3,(H,34,40)/t23-,24+,28-,29?/m0/s1. The van der Waals surface area contributed by atoms with Gasteiger partial charge in [-0.2, -0.15) is 10.2 Å². The fraction of sp³-hybridized carbons (Fsp3) is 0.414. The smallest absolute Gasteiger partial charge is 0.243 e. The summed E-state index contributed by atoms with van der Waals surface area (Å²) in [7, 11) is 0. The molecular weight excluding hydrogens is 508 g/mol. The topological polar surface area (TPSA) is 143 Å². The molecular formula is C29H30N8O3. The molecule has 0 spiro atoms. The molecule has 2 aliphatic heterocycles. The zero-order valence-electron chi connectivity index (χ0n) is 22.9. The molecule has 40 heavy (non-hydrogen) atoms. The Bertz CT molecular complexity index is 1560. The first-order valence-electron chi connectivity index (χ1n) is 13.3. The Kier molecular flexibility index (Phi) is 6.04. The van der Waals surface area contributed by atoms with Gasteiger partial charge < -0.3 is 10.2 Å². The first-order valence-corrected chi connectivity index (χ1v) is 13.3. The third-order valence-electron chi connectivity index (χ3n) is 8.48. The number of nitrogens with zero attached hydrogens (tertiary/aromatic N) is 7. The van der Waals surface area contributed by atoms with Crippen molar-refractivity contribution in [3.8, 4) is 11.1 Å². The van der Waals surface area contributed by atoms with Crippen LogP contribution in [0.25, 0.3) is 11.1 Å². The summed E-state index contributed by atoms with van der Waals surface area (Å²) in [6.45, 7) is 7.53. The molecule has 1 aromatic carbocycles. The molecule has 0 radical (unpaired) electrons. The van der Waals surface area contributed by atoms with E-state index in [2.05, 4.69) is 42.4 Å². The van der Waals surface area contributed by atoms with Gasteiger partial charge in [-0.3, -0.25) is 14.4 Å². The van der Waals surface area contributed by atoms with Gasteiger partial charge in [-0.25, -0.2) is 19.9 Å². The molecule has 1 saturated carbocycles. The lowest BCUT2D eigenvalue weighted by Crippen LogP contribution is -2.49. The van der Waals surface area contributed by atoms with Gasteiger partial charge in [0.25, 0.3) is 0 Å². The number of Topliss-reactive ketones (excluding diaryl/α,β-unsaturated/α-hetero) is 1. The summed E-state index contributed by atoms with van der Waals surface area (Å²) in [5.41, 5.74) is 2.83. The average molecular weight is 539 g/mol. The van der Waals surface area contributed by atoms with Gasteiger partial charge in [0.15, 0.2) is 11.3 Å². The molecule has 1 N–H and O–H groups in total. The summed E-state index contributed by atoms with van der Waals surface area (Å²) >= 11 is 0. The molecule has 1 aliphatic carbocycles. The lowest BCUT2D eigenvalue weighted by molar-refractivity contribution is -0.142. The van der Waals surface area contributed by atoms with E-state index in [1.807, 2.05) is 26.0 Å². The number of carbonyl (C=O) groups is 3. The van der Waals surface area contributed by atoms with E-state index in [4.69, 9.17) is 0 Å². The van der Waals surface area contributed by atoms with E-state index >= 15 is 0 Å². The second-order valence-electron chi connectivity index (χ2n) is 11.4. The van der Waals surface area contributed by atoms with Crippen LogP contribution in [0.15, 0.2) is 53.5 Å². The molecule has 11 nitrogen and oxygen atoms in total.